The molecule has 0 radical (unpaired) electrons. The molecule has 0 fully saturated rings. The molecule has 0 saturated heterocycles. The molecule has 0 aromatic heterocycles. The molecule has 20 heavy (non-hydrogen) atoms. The van der Waals surface area contributed by atoms with Crippen LogP contribution in [0.25, 0.3) is 0 Å². The average molecular weight is 293 g/mol. The minimum atomic E-state index is -3.80. The van der Waals surface area contributed by atoms with Gasteiger partial charge in [0.1, 0.15) is 10.7 Å². The first-order valence-electron chi connectivity index (χ1n) is 6.31. The molecule has 0 bridgehead atoms. The Morgan fingerprint density at radius 2 is 1.60 bits per heavy atom. The first kappa shape index (κ1) is 14.7. The Balaban J connectivity index is 2.52. The molecule has 0 heterocycles. The Morgan fingerprint density at radius 3 is 2.20 bits per heavy atom. The SMILES string of the molecule is NCCC(c1ccccc1)S(=O)(=O)c1ccccc1F. The minimum absolute atomic E-state index is 0.216. The van der Waals surface area contributed by atoms with Gasteiger partial charge in [0.15, 0.2) is 9.84 Å². The summed E-state index contributed by atoms with van der Waals surface area (Å²) in [4.78, 5) is -0.276. The van der Waals surface area contributed by atoms with Crippen LogP contribution < -0.4 is 5.73 Å². The van der Waals surface area contributed by atoms with Crippen LogP contribution in [0.4, 0.5) is 4.39 Å². The van der Waals surface area contributed by atoms with Gasteiger partial charge in [0.05, 0.1) is 5.25 Å². The fourth-order valence-electron chi connectivity index (χ4n) is 2.15. The van der Waals surface area contributed by atoms with Crippen molar-refractivity contribution < 1.29 is 12.8 Å². The van der Waals surface area contributed by atoms with Gasteiger partial charge in [-0.15, -0.1) is 0 Å². The van der Waals surface area contributed by atoms with Crippen molar-refractivity contribution in [2.75, 3.05) is 6.54 Å². The molecule has 0 spiro atoms. The van der Waals surface area contributed by atoms with Crippen molar-refractivity contribution in [3.8, 4) is 0 Å². The van der Waals surface area contributed by atoms with Crippen LogP contribution in [-0.2, 0) is 9.84 Å². The normalized spacial score (nSPS) is 13.1. The van der Waals surface area contributed by atoms with Crippen LogP contribution in [0.2, 0.25) is 0 Å². The zero-order valence-electron chi connectivity index (χ0n) is 10.9. The van der Waals surface area contributed by atoms with Crippen LogP contribution in [0.15, 0.2) is 59.5 Å². The molecule has 2 aromatic carbocycles. The van der Waals surface area contributed by atoms with Gasteiger partial charge in [-0.3, -0.25) is 0 Å². The standard InChI is InChI=1S/C15H16FNO2S/c16-13-8-4-5-9-15(13)20(18,19)14(10-11-17)12-6-2-1-3-7-12/h1-9,14H,10-11,17H2. The first-order valence-corrected chi connectivity index (χ1v) is 7.85. The van der Waals surface area contributed by atoms with E-state index in [9.17, 15) is 12.8 Å². The summed E-state index contributed by atoms with van der Waals surface area (Å²) in [6.45, 7) is 0.216. The smallest absolute Gasteiger partial charge is 0.188 e. The van der Waals surface area contributed by atoms with Crippen molar-refractivity contribution in [3.63, 3.8) is 0 Å². The van der Waals surface area contributed by atoms with Gasteiger partial charge < -0.3 is 5.73 Å². The number of benzene rings is 2. The lowest BCUT2D eigenvalue weighted by Crippen LogP contribution is -2.18. The Bertz CT molecular complexity index is 671. The molecular formula is C15H16FNO2S. The highest BCUT2D eigenvalue weighted by Crippen LogP contribution is 2.32. The molecular weight excluding hydrogens is 277 g/mol. The number of hydrogen-bond acceptors (Lipinski definition) is 3. The van der Waals surface area contributed by atoms with E-state index in [-0.39, 0.29) is 17.9 Å². The van der Waals surface area contributed by atoms with Gasteiger partial charge in [0, 0.05) is 0 Å². The molecule has 1 unspecified atom stereocenters. The molecule has 1 atom stereocenters. The van der Waals surface area contributed by atoms with Crippen molar-refractivity contribution in [1.29, 1.82) is 0 Å². The highest BCUT2D eigenvalue weighted by atomic mass is 32.2. The number of rotatable bonds is 5. The summed E-state index contributed by atoms with van der Waals surface area (Å²) in [7, 11) is -3.80. The molecule has 0 amide bonds. The number of halogens is 1. The molecule has 2 aromatic rings. The molecule has 106 valence electrons. The van der Waals surface area contributed by atoms with E-state index in [1.165, 1.54) is 18.2 Å². The van der Waals surface area contributed by atoms with E-state index in [4.69, 9.17) is 5.73 Å². The quantitative estimate of drug-likeness (QED) is 0.922. The molecule has 5 heteroatoms. The Kier molecular flexibility index (Phi) is 4.52. The zero-order chi connectivity index (χ0) is 14.6. The maximum Gasteiger partial charge on any atom is 0.188 e. The molecule has 0 aliphatic heterocycles. The van der Waals surface area contributed by atoms with Gasteiger partial charge in [-0.05, 0) is 30.7 Å². The van der Waals surface area contributed by atoms with Gasteiger partial charge in [-0.1, -0.05) is 42.5 Å². The second-order valence-corrected chi connectivity index (χ2v) is 6.55. The topological polar surface area (TPSA) is 60.2 Å². The van der Waals surface area contributed by atoms with Gasteiger partial charge >= 0.3 is 0 Å². The van der Waals surface area contributed by atoms with E-state index in [0.29, 0.717) is 5.56 Å². The fraction of sp³-hybridized carbons (Fsp3) is 0.200. The summed E-state index contributed by atoms with van der Waals surface area (Å²) < 4.78 is 39.1. The summed E-state index contributed by atoms with van der Waals surface area (Å²) in [5.74, 6) is -0.731. The van der Waals surface area contributed by atoms with E-state index in [1.54, 1.807) is 30.3 Å². The lowest BCUT2D eigenvalue weighted by molar-refractivity contribution is 0.553. The third-order valence-corrected chi connectivity index (χ3v) is 5.32. The summed E-state index contributed by atoms with van der Waals surface area (Å²) in [5, 5.41) is -0.828. The van der Waals surface area contributed by atoms with Crippen LogP contribution in [0.5, 0.6) is 0 Å². The molecule has 2 N–H and O–H groups in total. The van der Waals surface area contributed by atoms with E-state index >= 15 is 0 Å². The largest absolute Gasteiger partial charge is 0.330 e. The summed E-state index contributed by atoms with van der Waals surface area (Å²) >= 11 is 0. The lowest BCUT2D eigenvalue weighted by Gasteiger charge is -2.18. The van der Waals surface area contributed by atoms with Gasteiger partial charge in [0.2, 0.25) is 0 Å². The molecule has 3 nitrogen and oxygen atoms in total. The predicted octanol–water partition coefficient (Wildman–Crippen LogP) is 2.69. The van der Waals surface area contributed by atoms with Crippen LogP contribution in [0.1, 0.15) is 17.2 Å². The Morgan fingerprint density at radius 1 is 1.00 bits per heavy atom. The van der Waals surface area contributed by atoms with Crippen molar-refractivity contribution in [2.45, 2.75) is 16.6 Å². The summed E-state index contributed by atoms with van der Waals surface area (Å²) in [5.41, 5.74) is 6.15. The molecule has 0 saturated carbocycles. The summed E-state index contributed by atoms with van der Waals surface area (Å²) in [6.07, 6.45) is 0.251. The van der Waals surface area contributed by atoms with E-state index in [2.05, 4.69) is 0 Å². The third kappa shape index (κ3) is 2.89. The second-order valence-electron chi connectivity index (χ2n) is 4.45. The lowest BCUT2D eigenvalue weighted by atomic mass is 10.1. The highest BCUT2D eigenvalue weighted by molar-refractivity contribution is 7.91. The highest BCUT2D eigenvalue weighted by Gasteiger charge is 2.30. The molecule has 0 aliphatic rings. The van der Waals surface area contributed by atoms with Crippen molar-refractivity contribution in [2.24, 2.45) is 5.73 Å². The second kappa shape index (κ2) is 6.15. The van der Waals surface area contributed by atoms with Crippen molar-refractivity contribution >= 4 is 9.84 Å². The summed E-state index contributed by atoms with van der Waals surface area (Å²) in [6, 6.07) is 14.2. The van der Waals surface area contributed by atoms with Gasteiger partial charge in [-0.25, -0.2) is 12.8 Å². The predicted molar refractivity (Wildman–Crippen MR) is 76.4 cm³/mol. The van der Waals surface area contributed by atoms with Gasteiger partial charge in [0.25, 0.3) is 0 Å². The van der Waals surface area contributed by atoms with Crippen LogP contribution >= 0.6 is 0 Å². The van der Waals surface area contributed by atoms with Gasteiger partial charge in [-0.2, -0.15) is 0 Å². The Hall–Kier alpha value is -1.72. The number of sulfone groups is 1. The van der Waals surface area contributed by atoms with E-state index in [0.717, 1.165) is 6.07 Å². The monoisotopic (exact) mass is 293 g/mol. The van der Waals surface area contributed by atoms with Crippen molar-refractivity contribution in [1.82, 2.24) is 0 Å². The molecule has 2 rings (SSSR count). The fourth-order valence-corrected chi connectivity index (χ4v) is 4.03. The minimum Gasteiger partial charge on any atom is -0.330 e. The van der Waals surface area contributed by atoms with Crippen LogP contribution in [-0.4, -0.2) is 15.0 Å². The average Bonchev–Trinajstić information content (AvgIpc) is 2.45. The van der Waals surface area contributed by atoms with E-state index in [1.807, 2.05) is 0 Å². The zero-order valence-corrected chi connectivity index (χ0v) is 11.7. The molecule has 0 aliphatic carbocycles. The maximum absolute atomic E-state index is 13.8. The maximum atomic E-state index is 13.8. The number of nitrogens with two attached hydrogens (primary N) is 1. The van der Waals surface area contributed by atoms with Crippen LogP contribution in [0.3, 0.4) is 0 Å². The van der Waals surface area contributed by atoms with Crippen molar-refractivity contribution in [3.05, 3.63) is 66.0 Å². The van der Waals surface area contributed by atoms with Crippen LogP contribution in [0, 0.1) is 5.82 Å². The Labute approximate surface area is 118 Å². The van der Waals surface area contributed by atoms with E-state index < -0.39 is 20.9 Å². The number of hydrogen-bond donors (Lipinski definition) is 1. The third-order valence-electron chi connectivity index (χ3n) is 3.12. The first-order chi connectivity index (χ1) is 9.57.